The summed E-state index contributed by atoms with van der Waals surface area (Å²) in [7, 11) is -3.51. The van der Waals surface area contributed by atoms with Crippen LogP contribution in [0.15, 0.2) is 59.5 Å². The van der Waals surface area contributed by atoms with E-state index in [0.29, 0.717) is 11.3 Å². The fourth-order valence-electron chi connectivity index (χ4n) is 1.99. The number of hydroxylamine groups is 1. The van der Waals surface area contributed by atoms with Crippen LogP contribution in [0.5, 0.6) is 0 Å². The molecule has 1 fully saturated rings. The molecule has 2 aromatic carbocycles. The molecule has 1 heterocycles. The zero-order chi connectivity index (χ0) is 13.3. The van der Waals surface area contributed by atoms with Gasteiger partial charge in [0.1, 0.15) is 0 Å². The highest BCUT2D eigenvalue weighted by molar-refractivity contribution is 7.89. The van der Waals surface area contributed by atoms with Gasteiger partial charge in [-0.2, -0.15) is 0 Å². The predicted octanol–water partition coefficient (Wildman–Crippen LogP) is 2.17. The molecule has 0 amide bonds. The summed E-state index contributed by atoms with van der Waals surface area (Å²) in [6.07, 6.45) is 0.587. The summed E-state index contributed by atoms with van der Waals surface area (Å²) in [5.74, 6) is 0. The van der Waals surface area contributed by atoms with Crippen LogP contribution in [0.2, 0.25) is 0 Å². The van der Waals surface area contributed by atoms with Crippen molar-refractivity contribution in [3.8, 4) is 0 Å². The maximum Gasteiger partial charge on any atom is 0.267 e. The van der Waals surface area contributed by atoms with E-state index in [-0.39, 0.29) is 6.73 Å². The van der Waals surface area contributed by atoms with E-state index in [1.54, 1.807) is 12.1 Å². The predicted molar refractivity (Wildman–Crippen MR) is 70.7 cm³/mol. The highest BCUT2D eigenvalue weighted by atomic mass is 32.2. The van der Waals surface area contributed by atoms with Crippen molar-refractivity contribution >= 4 is 10.0 Å². The topological polar surface area (TPSA) is 49.7 Å². The van der Waals surface area contributed by atoms with E-state index in [9.17, 15) is 8.42 Å². The SMILES string of the molecule is O=S(=O)(c1ccccc1Cc1ccccc1)N1CO1. The molecule has 0 saturated carbocycles. The number of nitrogens with zero attached hydrogens (tertiary/aromatic N) is 1. The molecular weight excluding hydrogens is 262 g/mol. The molecular formula is C14H13NO3S. The second kappa shape index (κ2) is 4.77. The fraction of sp³-hybridized carbons (Fsp3) is 0.143. The number of benzene rings is 2. The summed E-state index contributed by atoms with van der Waals surface area (Å²) in [6, 6.07) is 16.8. The van der Waals surface area contributed by atoms with Crippen LogP contribution in [0.1, 0.15) is 11.1 Å². The van der Waals surface area contributed by atoms with Crippen molar-refractivity contribution in [1.82, 2.24) is 4.47 Å². The second-order valence-electron chi connectivity index (χ2n) is 4.34. The molecule has 98 valence electrons. The third-order valence-electron chi connectivity index (χ3n) is 2.99. The fourth-order valence-corrected chi connectivity index (χ4v) is 3.26. The zero-order valence-corrected chi connectivity index (χ0v) is 11.0. The highest BCUT2D eigenvalue weighted by Crippen LogP contribution is 2.27. The lowest BCUT2D eigenvalue weighted by molar-refractivity contribution is 0.294. The Bertz CT molecular complexity index is 679. The van der Waals surface area contributed by atoms with Gasteiger partial charge in [0, 0.05) is 0 Å². The molecule has 1 aliphatic heterocycles. The Kier molecular flexibility index (Phi) is 3.10. The molecule has 2 aromatic rings. The maximum atomic E-state index is 12.2. The van der Waals surface area contributed by atoms with Crippen molar-refractivity contribution in [2.75, 3.05) is 6.73 Å². The van der Waals surface area contributed by atoms with Gasteiger partial charge in [-0.1, -0.05) is 48.5 Å². The summed E-state index contributed by atoms with van der Waals surface area (Å²) in [5, 5.41) is 0. The number of rotatable bonds is 4. The summed E-state index contributed by atoms with van der Waals surface area (Å²) >= 11 is 0. The van der Waals surface area contributed by atoms with Crippen molar-refractivity contribution < 1.29 is 13.3 Å². The Morgan fingerprint density at radius 3 is 2.32 bits per heavy atom. The van der Waals surface area contributed by atoms with Crippen LogP contribution in [0.3, 0.4) is 0 Å². The van der Waals surface area contributed by atoms with E-state index in [4.69, 9.17) is 4.84 Å². The van der Waals surface area contributed by atoms with Crippen LogP contribution in [-0.2, 0) is 21.3 Å². The molecule has 5 heteroatoms. The van der Waals surface area contributed by atoms with Crippen LogP contribution in [-0.4, -0.2) is 19.6 Å². The molecule has 0 spiro atoms. The van der Waals surface area contributed by atoms with Crippen LogP contribution in [0, 0.1) is 0 Å². The second-order valence-corrected chi connectivity index (χ2v) is 6.13. The molecule has 0 bridgehead atoms. The van der Waals surface area contributed by atoms with E-state index >= 15 is 0 Å². The molecule has 0 aromatic heterocycles. The van der Waals surface area contributed by atoms with Crippen molar-refractivity contribution in [2.45, 2.75) is 11.3 Å². The first-order valence-electron chi connectivity index (χ1n) is 5.95. The van der Waals surface area contributed by atoms with Gasteiger partial charge in [0.25, 0.3) is 10.0 Å². The Balaban J connectivity index is 1.98. The Morgan fingerprint density at radius 2 is 1.63 bits per heavy atom. The van der Waals surface area contributed by atoms with Gasteiger partial charge in [-0.3, -0.25) is 4.84 Å². The van der Waals surface area contributed by atoms with Gasteiger partial charge in [-0.05, 0) is 28.1 Å². The van der Waals surface area contributed by atoms with E-state index in [1.165, 1.54) is 0 Å². The number of hydrogen-bond donors (Lipinski definition) is 0. The lowest BCUT2D eigenvalue weighted by Gasteiger charge is -2.09. The number of hydrogen-bond acceptors (Lipinski definition) is 3. The molecule has 1 atom stereocenters. The van der Waals surface area contributed by atoms with Gasteiger partial charge in [0.2, 0.25) is 0 Å². The summed E-state index contributed by atoms with van der Waals surface area (Å²) in [4.78, 5) is 5.09. The molecule has 4 nitrogen and oxygen atoms in total. The first kappa shape index (κ1) is 12.3. The summed E-state index contributed by atoms with van der Waals surface area (Å²) in [6.45, 7) is 0.141. The quantitative estimate of drug-likeness (QED) is 0.803. The third kappa shape index (κ3) is 2.53. The van der Waals surface area contributed by atoms with E-state index in [0.717, 1.165) is 15.6 Å². The molecule has 0 radical (unpaired) electrons. The van der Waals surface area contributed by atoms with Gasteiger partial charge in [-0.25, -0.2) is 8.42 Å². The summed E-state index contributed by atoms with van der Waals surface area (Å²) < 4.78 is 25.4. The minimum atomic E-state index is -3.51. The number of sulfonamides is 1. The monoisotopic (exact) mass is 275 g/mol. The third-order valence-corrected chi connectivity index (χ3v) is 4.69. The zero-order valence-electron chi connectivity index (χ0n) is 10.2. The minimum absolute atomic E-state index is 0.141. The van der Waals surface area contributed by atoms with Crippen LogP contribution < -0.4 is 0 Å². The lowest BCUT2D eigenvalue weighted by atomic mass is 10.1. The summed E-state index contributed by atoms with van der Waals surface area (Å²) in [5.41, 5.74) is 1.86. The van der Waals surface area contributed by atoms with Gasteiger partial charge < -0.3 is 0 Å². The van der Waals surface area contributed by atoms with E-state index < -0.39 is 10.0 Å². The van der Waals surface area contributed by atoms with E-state index in [1.807, 2.05) is 42.5 Å². The van der Waals surface area contributed by atoms with Crippen molar-refractivity contribution in [1.29, 1.82) is 0 Å². The molecule has 1 saturated heterocycles. The van der Waals surface area contributed by atoms with E-state index in [2.05, 4.69) is 0 Å². The van der Waals surface area contributed by atoms with Gasteiger partial charge >= 0.3 is 0 Å². The Hall–Kier alpha value is -1.69. The molecule has 0 aliphatic carbocycles. The average molecular weight is 275 g/mol. The minimum Gasteiger partial charge on any atom is -0.262 e. The van der Waals surface area contributed by atoms with Crippen LogP contribution in [0.4, 0.5) is 0 Å². The normalized spacial score (nSPS) is 18.2. The average Bonchev–Trinajstić information content (AvgIpc) is 3.25. The maximum absolute atomic E-state index is 12.2. The van der Waals surface area contributed by atoms with Crippen molar-refractivity contribution in [3.05, 3.63) is 65.7 Å². The van der Waals surface area contributed by atoms with Crippen LogP contribution in [0.25, 0.3) is 0 Å². The molecule has 1 unspecified atom stereocenters. The van der Waals surface area contributed by atoms with Crippen molar-refractivity contribution in [2.24, 2.45) is 0 Å². The van der Waals surface area contributed by atoms with Gasteiger partial charge in [0.15, 0.2) is 6.73 Å². The van der Waals surface area contributed by atoms with Gasteiger partial charge in [-0.15, -0.1) is 0 Å². The molecule has 0 N–H and O–H groups in total. The highest BCUT2D eigenvalue weighted by Gasteiger charge is 2.36. The van der Waals surface area contributed by atoms with Crippen molar-refractivity contribution in [3.63, 3.8) is 0 Å². The molecule has 3 rings (SSSR count). The Labute approximate surface area is 112 Å². The molecule has 19 heavy (non-hydrogen) atoms. The van der Waals surface area contributed by atoms with Gasteiger partial charge in [0.05, 0.1) is 4.90 Å². The molecule has 1 aliphatic rings. The Morgan fingerprint density at radius 1 is 1.00 bits per heavy atom. The first-order chi connectivity index (χ1) is 9.18. The van der Waals surface area contributed by atoms with Crippen LogP contribution >= 0.6 is 0 Å². The smallest absolute Gasteiger partial charge is 0.262 e. The lowest BCUT2D eigenvalue weighted by Crippen LogP contribution is -2.13. The largest absolute Gasteiger partial charge is 0.267 e. The standard InChI is InChI=1S/C14H13NO3S/c16-19(17,15-11-18-15)14-9-5-4-8-13(14)10-12-6-2-1-3-7-12/h1-9H,10-11H2. The first-order valence-corrected chi connectivity index (χ1v) is 7.39.